The smallest absolute Gasteiger partial charge is 0.272 e. The zero-order chi connectivity index (χ0) is 18.9. The number of amides is 2. The second kappa shape index (κ2) is 5.34. The van der Waals surface area contributed by atoms with E-state index in [1.54, 1.807) is 6.92 Å². The van der Waals surface area contributed by atoms with Crippen molar-refractivity contribution < 1.29 is 24.4 Å². The highest BCUT2D eigenvalue weighted by Crippen LogP contribution is 2.62. The molecule has 0 spiro atoms. The number of benzene rings is 1. The fourth-order valence-corrected chi connectivity index (χ4v) is 5.04. The van der Waals surface area contributed by atoms with Crippen LogP contribution in [0.5, 0.6) is 0 Å². The molecule has 0 saturated carbocycles. The van der Waals surface area contributed by atoms with Gasteiger partial charge in [0, 0.05) is 24.7 Å². The van der Waals surface area contributed by atoms with Crippen LogP contribution in [0, 0.1) is 28.9 Å². The maximum absolute atomic E-state index is 13.1. The number of aliphatic hydroxyl groups is 1. The predicted octanol–water partition coefficient (Wildman–Crippen LogP) is 1.71. The molecule has 0 radical (unpaired) electrons. The molecule has 4 atom stereocenters. The van der Waals surface area contributed by atoms with Gasteiger partial charge in [0.05, 0.1) is 33.6 Å². The number of aliphatic hydroxyl groups excluding tert-OH is 1. The predicted molar refractivity (Wildman–Crippen MR) is 90.5 cm³/mol. The van der Waals surface area contributed by atoms with Crippen molar-refractivity contribution >= 4 is 23.2 Å². The molecule has 1 aromatic carbocycles. The van der Waals surface area contributed by atoms with Crippen LogP contribution in [0.1, 0.15) is 31.7 Å². The highest BCUT2D eigenvalue weighted by Gasteiger charge is 2.73. The molecule has 26 heavy (non-hydrogen) atoms. The summed E-state index contributed by atoms with van der Waals surface area (Å²) in [6.07, 6.45) is 1.62. The maximum atomic E-state index is 13.1. The average Bonchev–Trinajstić information content (AvgIpc) is 3.13. The number of nitro benzene ring substituents is 1. The number of hydrogen-bond donors (Lipinski definition) is 1. The first-order valence-electron chi connectivity index (χ1n) is 8.68. The number of imide groups is 1. The number of anilines is 1. The molecule has 0 aliphatic carbocycles. The van der Waals surface area contributed by atoms with Crippen LogP contribution in [0.4, 0.5) is 11.4 Å². The molecule has 2 bridgehead atoms. The number of fused-ring (bicyclic) bond motifs is 5. The number of carbonyl (C=O) groups is 2. The lowest BCUT2D eigenvalue weighted by molar-refractivity contribution is -0.385. The van der Waals surface area contributed by atoms with Gasteiger partial charge in [-0.05, 0) is 38.8 Å². The molecule has 3 fully saturated rings. The van der Waals surface area contributed by atoms with E-state index in [1.807, 2.05) is 6.92 Å². The van der Waals surface area contributed by atoms with Crippen LogP contribution in [-0.4, -0.2) is 39.7 Å². The van der Waals surface area contributed by atoms with E-state index in [-0.39, 0.29) is 24.1 Å². The Labute approximate surface area is 149 Å². The molecule has 2 amide bonds. The SMILES string of the molecule is Cc1cc(N2C(=O)[C@@H]3[C@H](C2=O)C2(CCO)CCC3(C)O2)ccc1[N+](=O)[O-]. The zero-order valence-corrected chi connectivity index (χ0v) is 14.6. The molecular weight excluding hydrogens is 340 g/mol. The highest BCUT2D eigenvalue weighted by molar-refractivity contribution is 6.23. The molecule has 138 valence electrons. The summed E-state index contributed by atoms with van der Waals surface area (Å²) in [6, 6.07) is 4.25. The topological polar surface area (TPSA) is 110 Å². The van der Waals surface area contributed by atoms with Crippen molar-refractivity contribution in [2.75, 3.05) is 11.5 Å². The van der Waals surface area contributed by atoms with Gasteiger partial charge in [-0.15, -0.1) is 0 Å². The van der Waals surface area contributed by atoms with Crippen LogP contribution in [0.15, 0.2) is 18.2 Å². The molecule has 3 saturated heterocycles. The Morgan fingerprint density at radius 3 is 2.62 bits per heavy atom. The lowest BCUT2D eigenvalue weighted by Gasteiger charge is -2.30. The third-order valence-corrected chi connectivity index (χ3v) is 6.18. The van der Waals surface area contributed by atoms with Gasteiger partial charge in [-0.2, -0.15) is 0 Å². The summed E-state index contributed by atoms with van der Waals surface area (Å²) in [6.45, 7) is 3.32. The van der Waals surface area contributed by atoms with Gasteiger partial charge >= 0.3 is 0 Å². The van der Waals surface area contributed by atoms with Crippen LogP contribution >= 0.6 is 0 Å². The summed E-state index contributed by atoms with van der Waals surface area (Å²) >= 11 is 0. The summed E-state index contributed by atoms with van der Waals surface area (Å²) < 4.78 is 6.14. The third kappa shape index (κ3) is 2.02. The summed E-state index contributed by atoms with van der Waals surface area (Å²) in [5, 5.41) is 20.5. The second-order valence-corrected chi connectivity index (χ2v) is 7.65. The van der Waals surface area contributed by atoms with Gasteiger partial charge in [-0.25, -0.2) is 4.90 Å². The van der Waals surface area contributed by atoms with Gasteiger partial charge in [-0.3, -0.25) is 19.7 Å². The normalized spacial score (nSPS) is 35.3. The molecule has 8 nitrogen and oxygen atoms in total. The second-order valence-electron chi connectivity index (χ2n) is 7.65. The van der Waals surface area contributed by atoms with E-state index < -0.39 is 28.0 Å². The average molecular weight is 360 g/mol. The first kappa shape index (κ1) is 17.1. The highest BCUT2D eigenvalue weighted by atomic mass is 16.6. The van der Waals surface area contributed by atoms with Gasteiger partial charge in [-0.1, -0.05) is 0 Å². The van der Waals surface area contributed by atoms with E-state index in [9.17, 15) is 24.8 Å². The Bertz CT molecular complexity index is 835. The maximum Gasteiger partial charge on any atom is 0.272 e. The van der Waals surface area contributed by atoms with Crippen LogP contribution in [0.3, 0.4) is 0 Å². The van der Waals surface area contributed by atoms with Crippen molar-refractivity contribution in [3.05, 3.63) is 33.9 Å². The molecule has 1 aromatic rings. The first-order valence-corrected chi connectivity index (χ1v) is 8.68. The fraction of sp³-hybridized carbons (Fsp3) is 0.556. The quantitative estimate of drug-likeness (QED) is 0.497. The van der Waals surface area contributed by atoms with Gasteiger partial charge in [0.25, 0.3) is 5.69 Å². The largest absolute Gasteiger partial charge is 0.396 e. The number of aryl methyl sites for hydroxylation is 1. The van der Waals surface area contributed by atoms with Crippen molar-refractivity contribution in [3.63, 3.8) is 0 Å². The van der Waals surface area contributed by atoms with Crippen LogP contribution in [0.25, 0.3) is 0 Å². The number of carbonyl (C=O) groups excluding carboxylic acids is 2. The first-order chi connectivity index (χ1) is 12.2. The Hall–Kier alpha value is -2.32. The van der Waals surface area contributed by atoms with Crippen LogP contribution in [-0.2, 0) is 14.3 Å². The lowest BCUT2D eigenvalue weighted by atomic mass is 9.67. The Morgan fingerprint density at radius 1 is 1.31 bits per heavy atom. The van der Waals surface area contributed by atoms with Crippen molar-refractivity contribution in [2.24, 2.45) is 11.8 Å². The fourth-order valence-electron chi connectivity index (χ4n) is 5.04. The van der Waals surface area contributed by atoms with E-state index in [0.717, 1.165) is 4.90 Å². The monoisotopic (exact) mass is 360 g/mol. The van der Waals surface area contributed by atoms with Gasteiger partial charge in [0.1, 0.15) is 0 Å². The molecule has 1 N–H and O–H groups in total. The van der Waals surface area contributed by atoms with Crippen LogP contribution < -0.4 is 4.90 Å². The summed E-state index contributed by atoms with van der Waals surface area (Å²) in [5.74, 6) is -1.86. The third-order valence-electron chi connectivity index (χ3n) is 6.18. The molecule has 2 unspecified atom stereocenters. The standard InChI is InChI=1S/C18H20N2O6/c1-10-9-11(3-4-12(10)20(24)25)19-15(22)13-14(16(19)23)18(7-8-21)6-5-17(13,2)26-18/h3-4,9,13-14,21H,5-8H2,1-2H3/t13-,14+,17?,18?/m0/s1. The molecule has 3 aliphatic rings. The Kier molecular flexibility index (Phi) is 3.51. The zero-order valence-electron chi connectivity index (χ0n) is 14.6. The lowest BCUT2D eigenvalue weighted by Crippen LogP contribution is -2.42. The van der Waals surface area contributed by atoms with E-state index in [0.29, 0.717) is 30.5 Å². The van der Waals surface area contributed by atoms with E-state index in [2.05, 4.69) is 0 Å². The van der Waals surface area contributed by atoms with E-state index in [4.69, 9.17) is 4.74 Å². The van der Waals surface area contributed by atoms with E-state index >= 15 is 0 Å². The van der Waals surface area contributed by atoms with Crippen molar-refractivity contribution in [1.29, 1.82) is 0 Å². The summed E-state index contributed by atoms with van der Waals surface area (Å²) in [7, 11) is 0. The summed E-state index contributed by atoms with van der Waals surface area (Å²) in [4.78, 5) is 37.9. The van der Waals surface area contributed by atoms with Gasteiger partial charge in [0.2, 0.25) is 11.8 Å². The minimum Gasteiger partial charge on any atom is -0.396 e. The molecule has 3 heterocycles. The molecular formula is C18H20N2O6. The summed E-state index contributed by atoms with van der Waals surface area (Å²) in [5.41, 5.74) is -0.830. The van der Waals surface area contributed by atoms with Gasteiger partial charge < -0.3 is 9.84 Å². The molecule has 4 rings (SSSR count). The van der Waals surface area contributed by atoms with Gasteiger partial charge in [0.15, 0.2) is 0 Å². The Morgan fingerprint density at radius 2 is 2.00 bits per heavy atom. The molecule has 0 aromatic heterocycles. The number of nitro groups is 1. The number of rotatable bonds is 4. The number of nitrogens with zero attached hydrogens (tertiary/aromatic N) is 2. The van der Waals surface area contributed by atoms with Crippen molar-refractivity contribution in [2.45, 2.75) is 44.3 Å². The van der Waals surface area contributed by atoms with Crippen molar-refractivity contribution in [3.8, 4) is 0 Å². The number of hydrogen-bond acceptors (Lipinski definition) is 6. The minimum atomic E-state index is -0.800. The molecule has 8 heteroatoms. The number of ether oxygens (including phenoxy) is 1. The molecule has 3 aliphatic heterocycles. The van der Waals surface area contributed by atoms with E-state index in [1.165, 1.54) is 18.2 Å². The minimum absolute atomic E-state index is 0.0554. The van der Waals surface area contributed by atoms with Crippen molar-refractivity contribution in [1.82, 2.24) is 0 Å². The Balaban J connectivity index is 1.75. The van der Waals surface area contributed by atoms with Crippen LogP contribution in [0.2, 0.25) is 0 Å².